The van der Waals surface area contributed by atoms with Crippen LogP contribution in [0, 0.1) is 0 Å². The molecule has 8 nitrogen and oxygen atoms in total. The van der Waals surface area contributed by atoms with Crippen molar-refractivity contribution in [2.45, 2.75) is 4.90 Å². The number of anilines is 1. The first kappa shape index (κ1) is 20.4. The number of hydrogen-bond donors (Lipinski definition) is 1. The van der Waals surface area contributed by atoms with Crippen molar-refractivity contribution in [1.82, 2.24) is 5.43 Å². The molecule has 9 heteroatoms. The number of hydrazone groups is 1. The van der Waals surface area contributed by atoms with Gasteiger partial charge in [-0.2, -0.15) is 5.10 Å². The van der Waals surface area contributed by atoms with Gasteiger partial charge in [-0.1, -0.05) is 18.2 Å². The molecule has 0 saturated carbocycles. The molecule has 1 aliphatic rings. The average Bonchev–Trinajstić information content (AvgIpc) is 3.27. The van der Waals surface area contributed by atoms with Crippen LogP contribution in [0.4, 0.5) is 5.69 Å². The summed E-state index contributed by atoms with van der Waals surface area (Å²) in [7, 11) is -2.22. The Bertz CT molecular complexity index is 1230. The normalized spacial score (nSPS) is 12.7. The van der Waals surface area contributed by atoms with Gasteiger partial charge < -0.3 is 9.47 Å². The predicted molar refractivity (Wildman–Crippen MR) is 116 cm³/mol. The monoisotopic (exact) mass is 437 g/mol. The van der Waals surface area contributed by atoms with E-state index >= 15 is 0 Å². The molecule has 0 atom stereocenters. The van der Waals surface area contributed by atoms with Gasteiger partial charge in [0.2, 0.25) is 6.79 Å². The Hall–Kier alpha value is -3.85. The van der Waals surface area contributed by atoms with Gasteiger partial charge in [-0.25, -0.2) is 13.8 Å². The van der Waals surface area contributed by atoms with E-state index in [-0.39, 0.29) is 11.7 Å². The Morgan fingerprint density at radius 2 is 1.71 bits per heavy atom. The van der Waals surface area contributed by atoms with Gasteiger partial charge in [0.1, 0.15) is 0 Å². The first-order valence-corrected chi connectivity index (χ1v) is 10.8. The quantitative estimate of drug-likeness (QED) is 0.472. The van der Waals surface area contributed by atoms with Gasteiger partial charge in [0.15, 0.2) is 11.5 Å². The van der Waals surface area contributed by atoms with E-state index < -0.39 is 15.9 Å². The molecular weight excluding hydrogens is 418 g/mol. The molecule has 3 aromatic carbocycles. The number of nitrogens with zero attached hydrogens (tertiary/aromatic N) is 2. The topological polar surface area (TPSA) is 97.3 Å². The summed E-state index contributed by atoms with van der Waals surface area (Å²) in [6.45, 7) is 0.185. The summed E-state index contributed by atoms with van der Waals surface area (Å²) in [4.78, 5) is 12.5. The lowest BCUT2D eigenvalue weighted by molar-refractivity contribution is 0.0955. The summed E-state index contributed by atoms with van der Waals surface area (Å²) >= 11 is 0. The molecule has 158 valence electrons. The smallest absolute Gasteiger partial charge is 0.271 e. The summed E-state index contributed by atoms with van der Waals surface area (Å²) in [5.41, 5.74) is 3.97. The summed E-state index contributed by atoms with van der Waals surface area (Å²) in [6, 6.07) is 19.7. The highest BCUT2D eigenvalue weighted by molar-refractivity contribution is 7.92. The second kappa shape index (κ2) is 8.49. The highest BCUT2D eigenvalue weighted by Crippen LogP contribution is 2.32. The van der Waals surface area contributed by atoms with Crippen molar-refractivity contribution in [2.24, 2.45) is 5.10 Å². The van der Waals surface area contributed by atoms with Crippen LogP contribution in [-0.2, 0) is 10.0 Å². The van der Waals surface area contributed by atoms with Crippen molar-refractivity contribution in [1.29, 1.82) is 0 Å². The molecule has 0 saturated heterocycles. The molecule has 0 aromatic heterocycles. The molecule has 1 heterocycles. The third-order valence-electron chi connectivity index (χ3n) is 4.67. The highest BCUT2D eigenvalue weighted by atomic mass is 32.2. The SMILES string of the molecule is CN(c1ccc(C(=O)N/N=C/c2ccc3c(c2)OCO3)cc1)S(=O)(=O)c1ccccc1. The van der Waals surface area contributed by atoms with E-state index in [0.29, 0.717) is 22.7 Å². The van der Waals surface area contributed by atoms with Crippen LogP contribution in [0.2, 0.25) is 0 Å². The molecule has 0 fully saturated rings. The fourth-order valence-corrected chi connectivity index (χ4v) is 4.15. The molecule has 1 aliphatic heterocycles. The summed E-state index contributed by atoms with van der Waals surface area (Å²) in [5.74, 6) is 0.873. The van der Waals surface area contributed by atoms with Crippen molar-refractivity contribution < 1.29 is 22.7 Å². The maximum absolute atomic E-state index is 12.7. The van der Waals surface area contributed by atoms with Gasteiger partial charge in [0.05, 0.1) is 16.8 Å². The Kier molecular flexibility index (Phi) is 5.59. The number of sulfonamides is 1. The largest absolute Gasteiger partial charge is 0.454 e. The summed E-state index contributed by atoms with van der Waals surface area (Å²) in [5, 5.41) is 3.95. The van der Waals surface area contributed by atoms with Crippen molar-refractivity contribution in [2.75, 3.05) is 18.1 Å². The predicted octanol–water partition coefficient (Wildman–Crippen LogP) is 3.00. The van der Waals surface area contributed by atoms with E-state index in [0.717, 1.165) is 5.56 Å². The summed E-state index contributed by atoms with van der Waals surface area (Å²) < 4.78 is 37.1. The number of amides is 1. The molecule has 1 amide bonds. The van der Waals surface area contributed by atoms with Crippen LogP contribution in [0.1, 0.15) is 15.9 Å². The number of benzene rings is 3. The van der Waals surface area contributed by atoms with Crippen LogP contribution in [0.15, 0.2) is 82.8 Å². The van der Waals surface area contributed by atoms with Gasteiger partial charge in [-0.15, -0.1) is 0 Å². The minimum Gasteiger partial charge on any atom is -0.454 e. The molecule has 3 aromatic rings. The van der Waals surface area contributed by atoms with Crippen LogP contribution >= 0.6 is 0 Å². The van der Waals surface area contributed by atoms with Crippen LogP contribution in [-0.4, -0.2) is 34.4 Å². The molecule has 0 radical (unpaired) electrons. The number of carbonyl (C=O) groups excluding carboxylic acids is 1. The minimum absolute atomic E-state index is 0.185. The van der Waals surface area contributed by atoms with Gasteiger partial charge in [-0.3, -0.25) is 9.10 Å². The number of ether oxygens (including phenoxy) is 2. The number of hydrogen-bond acceptors (Lipinski definition) is 6. The zero-order valence-corrected chi connectivity index (χ0v) is 17.4. The number of fused-ring (bicyclic) bond motifs is 1. The van der Waals surface area contributed by atoms with E-state index in [4.69, 9.17) is 9.47 Å². The highest BCUT2D eigenvalue weighted by Gasteiger charge is 2.21. The van der Waals surface area contributed by atoms with Crippen LogP contribution in [0.5, 0.6) is 11.5 Å². The van der Waals surface area contributed by atoms with Gasteiger partial charge in [0, 0.05) is 12.6 Å². The number of carbonyl (C=O) groups is 1. The molecule has 31 heavy (non-hydrogen) atoms. The van der Waals surface area contributed by atoms with Gasteiger partial charge in [0.25, 0.3) is 15.9 Å². The molecule has 1 N–H and O–H groups in total. The van der Waals surface area contributed by atoms with E-state index in [2.05, 4.69) is 10.5 Å². The minimum atomic E-state index is -3.68. The van der Waals surface area contributed by atoms with Crippen molar-refractivity contribution in [3.8, 4) is 11.5 Å². The van der Waals surface area contributed by atoms with Crippen molar-refractivity contribution in [3.63, 3.8) is 0 Å². The Morgan fingerprint density at radius 1 is 1.00 bits per heavy atom. The lowest BCUT2D eigenvalue weighted by Crippen LogP contribution is -2.26. The fourth-order valence-electron chi connectivity index (χ4n) is 2.94. The van der Waals surface area contributed by atoms with Gasteiger partial charge >= 0.3 is 0 Å². The van der Waals surface area contributed by atoms with E-state index in [9.17, 15) is 13.2 Å². The van der Waals surface area contributed by atoms with Crippen molar-refractivity contribution in [3.05, 3.63) is 83.9 Å². The molecule has 0 spiro atoms. The number of rotatable bonds is 6. The van der Waals surface area contributed by atoms with Crippen LogP contribution in [0.3, 0.4) is 0 Å². The zero-order valence-electron chi connectivity index (χ0n) is 16.6. The molecule has 0 bridgehead atoms. The standard InChI is InChI=1S/C22H19N3O5S/c1-25(31(27,28)19-5-3-2-4-6-19)18-10-8-17(9-11-18)22(26)24-23-14-16-7-12-20-21(13-16)30-15-29-20/h2-14H,15H2,1H3,(H,24,26)/b23-14+. The first-order chi connectivity index (χ1) is 14.9. The maximum atomic E-state index is 12.7. The lowest BCUT2D eigenvalue weighted by atomic mass is 10.2. The van der Waals surface area contributed by atoms with Gasteiger partial charge in [-0.05, 0) is 60.2 Å². The molecule has 0 unspecified atom stereocenters. The molecule has 4 rings (SSSR count). The average molecular weight is 437 g/mol. The number of nitrogens with one attached hydrogen (secondary N) is 1. The van der Waals surface area contributed by atoms with E-state index in [1.54, 1.807) is 48.5 Å². The first-order valence-electron chi connectivity index (χ1n) is 9.32. The van der Waals surface area contributed by atoms with E-state index in [1.807, 2.05) is 0 Å². The fraction of sp³-hybridized carbons (Fsp3) is 0.0909. The van der Waals surface area contributed by atoms with Crippen molar-refractivity contribution >= 4 is 27.8 Å². The Labute approximate surface area is 179 Å². The van der Waals surface area contributed by atoms with E-state index in [1.165, 1.54) is 41.8 Å². The third-order valence-corrected chi connectivity index (χ3v) is 6.47. The third kappa shape index (κ3) is 4.36. The summed E-state index contributed by atoms with van der Waals surface area (Å²) in [6.07, 6.45) is 1.49. The Balaban J connectivity index is 1.41. The lowest BCUT2D eigenvalue weighted by Gasteiger charge is -2.19. The van der Waals surface area contributed by atoms with Crippen LogP contribution in [0.25, 0.3) is 0 Å². The van der Waals surface area contributed by atoms with Crippen LogP contribution < -0.4 is 19.2 Å². The zero-order chi connectivity index (χ0) is 21.8. The second-order valence-electron chi connectivity index (χ2n) is 6.64. The molecule has 0 aliphatic carbocycles. The Morgan fingerprint density at radius 3 is 2.45 bits per heavy atom. The second-order valence-corrected chi connectivity index (χ2v) is 8.61. The maximum Gasteiger partial charge on any atom is 0.271 e. The molecular formula is C22H19N3O5S.